The van der Waals surface area contributed by atoms with Crippen LogP contribution in [0, 0.1) is 0 Å². The number of aromatic nitrogens is 1. The number of rotatable bonds is 6. The van der Waals surface area contributed by atoms with Crippen molar-refractivity contribution in [2.75, 3.05) is 31.4 Å². The minimum absolute atomic E-state index is 0.503. The molecule has 2 N–H and O–H groups in total. The number of halogens is 1. The van der Waals surface area contributed by atoms with Gasteiger partial charge in [-0.1, -0.05) is 17.7 Å². The maximum Gasteiger partial charge on any atom is 0.146 e. The lowest BCUT2D eigenvalue weighted by Crippen LogP contribution is -2.02. The van der Waals surface area contributed by atoms with Gasteiger partial charge in [-0.25, -0.2) is 4.98 Å². The van der Waals surface area contributed by atoms with E-state index in [2.05, 4.69) is 15.6 Å². The van der Waals surface area contributed by atoms with Crippen LogP contribution in [-0.4, -0.2) is 25.7 Å². The van der Waals surface area contributed by atoms with Crippen LogP contribution in [0.4, 0.5) is 17.3 Å². The molecule has 112 valence electrons. The predicted octanol–water partition coefficient (Wildman–Crippen LogP) is 3.93. The maximum atomic E-state index is 6.15. The van der Waals surface area contributed by atoms with Crippen molar-refractivity contribution in [1.82, 2.24) is 4.98 Å². The summed E-state index contributed by atoms with van der Waals surface area (Å²) >= 11 is 6.15. The molecular weight excluding hydrogens is 290 g/mol. The number of ether oxygens (including phenoxy) is 2. The highest BCUT2D eigenvalue weighted by atomic mass is 35.5. The minimum Gasteiger partial charge on any atom is -0.495 e. The lowest BCUT2D eigenvalue weighted by molar-refractivity contribution is 0.396. The quantitative estimate of drug-likeness (QED) is 0.847. The normalized spacial score (nSPS) is 10.1. The molecule has 0 fully saturated rings. The average molecular weight is 308 g/mol. The van der Waals surface area contributed by atoms with Crippen molar-refractivity contribution in [3.8, 4) is 11.5 Å². The third-order valence-electron chi connectivity index (χ3n) is 2.84. The molecule has 1 heterocycles. The third-order valence-corrected chi connectivity index (χ3v) is 3.14. The van der Waals surface area contributed by atoms with Gasteiger partial charge in [-0.15, -0.1) is 0 Å². The molecule has 0 aliphatic carbocycles. The summed E-state index contributed by atoms with van der Waals surface area (Å²) in [6, 6.07) is 9.19. The van der Waals surface area contributed by atoms with E-state index < -0.39 is 0 Å². The number of methoxy groups -OCH3 is 2. The van der Waals surface area contributed by atoms with Gasteiger partial charge in [0.25, 0.3) is 0 Å². The van der Waals surface area contributed by atoms with E-state index in [9.17, 15) is 0 Å². The van der Waals surface area contributed by atoms with Gasteiger partial charge >= 0.3 is 0 Å². The lowest BCUT2D eigenvalue weighted by Gasteiger charge is -2.14. The number of pyridine rings is 1. The second kappa shape index (κ2) is 7.04. The Labute approximate surface area is 129 Å². The van der Waals surface area contributed by atoms with E-state index in [1.807, 2.05) is 25.1 Å². The van der Waals surface area contributed by atoms with Gasteiger partial charge in [0, 0.05) is 12.6 Å². The van der Waals surface area contributed by atoms with Crippen molar-refractivity contribution in [3.63, 3.8) is 0 Å². The number of anilines is 3. The molecule has 0 aliphatic rings. The molecule has 0 atom stereocenters. The van der Waals surface area contributed by atoms with Gasteiger partial charge in [-0.2, -0.15) is 0 Å². The maximum absolute atomic E-state index is 6.15. The first-order valence-corrected chi connectivity index (χ1v) is 6.95. The highest BCUT2D eigenvalue weighted by Gasteiger charge is 2.10. The highest BCUT2D eigenvalue weighted by molar-refractivity contribution is 6.32. The second-order valence-corrected chi connectivity index (χ2v) is 4.66. The van der Waals surface area contributed by atoms with Crippen molar-refractivity contribution in [2.24, 2.45) is 0 Å². The molecule has 2 rings (SSSR count). The van der Waals surface area contributed by atoms with E-state index in [0.29, 0.717) is 22.3 Å². The Kier molecular flexibility index (Phi) is 5.11. The fourth-order valence-corrected chi connectivity index (χ4v) is 2.12. The van der Waals surface area contributed by atoms with Gasteiger partial charge < -0.3 is 20.1 Å². The Morgan fingerprint density at radius 3 is 2.48 bits per heavy atom. The summed E-state index contributed by atoms with van der Waals surface area (Å²) in [7, 11) is 3.16. The van der Waals surface area contributed by atoms with Gasteiger partial charge in [0.15, 0.2) is 0 Å². The molecule has 0 bridgehead atoms. The number of nitrogens with zero attached hydrogens (tertiary/aromatic N) is 1. The molecule has 0 saturated heterocycles. The Morgan fingerprint density at radius 2 is 1.81 bits per heavy atom. The Balaban J connectivity index is 2.30. The van der Waals surface area contributed by atoms with Gasteiger partial charge in [0.05, 0.1) is 24.9 Å². The fourth-order valence-electron chi connectivity index (χ4n) is 1.88. The smallest absolute Gasteiger partial charge is 0.146 e. The van der Waals surface area contributed by atoms with Crippen molar-refractivity contribution < 1.29 is 9.47 Å². The zero-order valence-electron chi connectivity index (χ0n) is 12.2. The molecule has 6 heteroatoms. The van der Waals surface area contributed by atoms with Gasteiger partial charge in [0.2, 0.25) is 0 Å². The van der Waals surface area contributed by atoms with Crippen LogP contribution in [0.15, 0.2) is 30.3 Å². The SMILES string of the molecule is CCNc1cccc(Nc2cc(Cl)c(OC)cc2OC)n1. The van der Waals surface area contributed by atoms with Crippen LogP contribution in [-0.2, 0) is 0 Å². The summed E-state index contributed by atoms with van der Waals surface area (Å²) in [5.41, 5.74) is 0.726. The van der Waals surface area contributed by atoms with Gasteiger partial charge in [-0.05, 0) is 25.1 Å². The molecule has 1 aromatic carbocycles. The Morgan fingerprint density at radius 1 is 1.10 bits per heavy atom. The van der Waals surface area contributed by atoms with Crippen LogP contribution >= 0.6 is 11.6 Å². The fraction of sp³-hybridized carbons (Fsp3) is 0.267. The topological polar surface area (TPSA) is 55.4 Å². The van der Waals surface area contributed by atoms with Crippen LogP contribution in [0.2, 0.25) is 5.02 Å². The minimum atomic E-state index is 0.503. The van der Waals surface area contributed by atoms with Crippen molar-refractivity contribution in [3.05, 3.63) is 35.4 Å². The first-order chi connectivity index (χ1) is 10.2. The first kappa shape index (κ1) is 15.3. The molecule has 0 aliphatic heterocycles. The first-order valence-electron chi connectivity index (χ1n) is 6.57. The summed E-state index contributed by atoms with van der Waals surface area (Å²) in [5, 5.41) is 6.87. The Bertz CT molecular complexity index is 620. The lowest BCUT2D eigenvalue weighted by atomic mass is 10.2. The molecule has 1 aromatic heterocycles. The van der Waals surface area contributed by atoms with Gasteiger partial charge in [-0.3, -0.25) is 0 Å². The highest BCUT2D eigenvalue weighted by Crippen LogP contribution is 2.37. The number of benzene rings is 1. The van der Waals surface area contributed by atoms with E-state index in [-0.39, 0.29) is 0 Å². The standard InChI is InChI=1S/C15H18ClN3O2/c1-4-17-14-6-5-7-15(19-14)18-11-8-10(16)12(20-2)9-13(11)21-3/h5-9H,4H2,1-3H3,(H2,17,18,19). The van der Waals surface area contributed by atoms with E-state index in [0.717, 1.165) is 18.1 Å². The molecule has 0 amide bonds. The Hall–Kier alpha value is -2.14. The summed E-state index contributed by atoms with van der Waals surface area (Å²) < 4.78 is 10.5. The van der Waals surface area contributed by atoms with Gasteiger partial charge in [0.1, 0.15) is 23.1 Å². The molecule has 0 saturated carbocycles. The molecule has 0 unspecified atom stereocenters. The van der Waals surface area contributed by atoms with E-state index in [1.54, 1.807) is 26.4 Å². The molecular formula is C15H18ClN3O2. The predicted molar refractivity (Wildman–Crippen MR) is 86.2 cm³/mol. The van der Waals surface area contributed by atoms with Crippen LogP contribution < -0.4 is 20.1 Å². The van der Waals surface area contributed by atoms with E-state index in [4.69, 9.17) is 21.1 Å². The zero-order valence-corrected chi connectivity index (χ0v) is 13.0. The van der Waals surface area contributed by atoms with Crippen LogP contribution in [0.5, 0.6) is 11.5 Å². The summed E-state index contributed by atoms with van der Waals surface area (Å²) in [4.78, 5) is 4.45. The number of hydrogen-bond donors (Lipinski definition) is 2. The molecule has 5 nitrogen and oxygen atoms in total. The van der Waals surface area contributed by atoms with Crippen LogP contribution in [0.3, 0.4) is 0 Å². The van der Waals surface area contributed by atoms with Crippen molar-refractivity contribution in [1.29, 1.82) is 0 Å². The molecule has 21 heavy (non-hydrogen) atoms. The molecule has 0 radical (unpaired) electrons. The van der Waals surface area contributed by atoms with Crippen molar-refractivity contribution >= 4 is 28.9 Å². The average Bonchev–Trinajstić information content (AvgIpc) is 2.48. The van der Waals surface area contributed by atoms with E-state index >= 15 is 0 Å². The monoisotopic (exact) mass is 307 g/mol. The zero-order chi connectivity index (χ0) is 15.2. The van der Waals surface area contributed by atoms with Crippen LogP contribution in [0.1, 0.15) is 6.92 Å². The largest absolute Gasteiger partial charge is 0.495 e. The molecule has 0 spiro atoms. The van der Waals surface area contributed by atoms with Crippen molar-refractivity contribution in [2.45, 2.75) is 6.92 Å². The van der Waals surface area contributed by atoms with E-state index in [1.165, 1.54) is 0 Å². The molecule has 2 aromatic rings. The summed E-state index contributed by atoms with van der Waals surface area (Å²) in [6.45, 7) is 2.84. The third kappa shape index (κ3) is 3.70. The second-order valence-electron chi connectivity index (χ2n) is 4.25. The number of nitrogens with one attached hydrogen (secondary N) is 2. The summed E-state index contributed by atoms with van der Waals surface area (Å²) in [6.07, 6.45) is 0. The summed E-state index contributed by atoms with van der Waals surface area (Å²) in [5.74, 6) is 2.70. The number of hydrogen-bond acceptors (Lipinski definition) is 5. The van der Waals surface area contributed by atoms with Crippen LogP contribution in [0.25, 0.3) is 0 Å².